The van der Waals surface area contributed by atoms with Crippen molar-refractivity contribution in [1.29, 1.82) is 0 Å². The molecular formula is C18H17N7OS3. The first kappa shape index (κ1) is 19.7. The number of tetrazole rings is 1. The van der Waals surface area contributed by atoms with Gasteiger partial charge in [0.25, 0.3) is 0 Å². The van der Waals surface area contributed by atoms with E-state index in [4.69, 9.17) is 0 Å². The molecule has 8 nitrogen and oxygen atoms in total. The van der Waals surface area contributed by atoms with Crippen LogP contribution in [0.5, 0.6) is 0 Å². The molecule has 148 valence electrons. The molecule has 0 aliphatic heterocycles. The largest absolute Gasteiger partial charge is 0.301 e. The number of benzene rings is 1. The normalized spacial score (nSPS) is 10.9. The number of nitrogens with zero attached hydrogens (tertiary/aromatic N) is 6. The summed E-state index contributed by atoms with van der Waals surface area (Å²) in [6.45, 7) is 0.519. The average Bonchev–Trinajstić information content (AvgIpc) is 3.49. The number of carbonyl (C=O) groups is 1. The number of rotatable bonds is 9. The van der Waals surface area contributed by atoms with Gasteiger partial charge in [-0.05, 0) is 23.1 Å². The molecule has 0 spiro atoms. The van der Waals surface area contributed by atoms with Crippen molar-refractivity contribution in [2.24, 2.45) is 0 Å². The van der Waals surface area contributed by atoms with Gasteiger partial charge in [-0.15, -0.1) is 31.7 Å². The molecule has 3 heterocycles. The fraction of sp³-hybridized carbons (Fsp3) is 0.222. The van der Waals surface area contributed by atoms with E-state index in [9.17, 15) is 4.79 Å². The Morgan fingerprint density at radius 2 is 2.00 bits per heavy atom. The topological polar surface area (TPSA) is 98.5 Å². The summed E-state index contributed by atoms with van der Waals surface area (Å²) in [6, 6.07) is 13.8. The lowest BCUT2D eigenvalue weighted by atomic mass is 10.2. The third kappa shape index (κ3) is 5.68. The number of hydrogen-bond donors (Lipinski definition) is 1. The number of amides is 1. The van der Waals surface area contributed by atoms with Gasteiger partial charge in [0.1, 0.15) is 0 Å². The molecule has 4 aromatic rings. The second kappa shape index (κ2) is 9.72. The van der Waals surface area contributed by atoms with E-state index in [1.807, 2.05) is 36.4 Å². The first-order valence-corrected chi connectivity index (χ1v) is 11.6. The number of carbonyl (C=O) groups excluding carboxylic acids is 1. The molecule has 0 fully saturated rings. The monoisotopic (exact) mass is 443 g/mol. The zero-order valence-corrected chi connectivity index (χ0v) is 17.7. The van der Waals surface area contributed by atoms with Crippen molar-refractivity contribution in [3.05, 3.63) is 52.7 Å². The van der Waals surface area contributed by atoms with Gasteiger partial charge in [-0.25, -0.2) is 0 Å². The molecule has 0 atom stereocenters. The lowest BCUT2D eigenvalue weighted by Gasteiger charge is -2.00. The lowest BCUT2D eigenvalue weighted by molar-refractivity contribution is -0.116. The van der Waals surface area contributed by atoms with Crippen molar-refractivity contribution in [1.82, 2.24) is 30.4 Å². The Morgan fingerprint density at radius 3 is 2.83 bits per heavy atom. The summed E-state index contributed by atoms with van der Waals surface area (Å²) >= 11 is 4.72. The van der Waals surface area contributed by atoms with Crippen LogP contribution in [0.25, 0.3) is 11.4 Å². The number of aromatic nitrogens is 6. The summed E-state index contributed by atoms with van der Waals surface area (Å²) < 4.78 is 0.842. The van der Waals surface area contributed by atoms with Gasteiger partial charge in [0.05, 0.1) is 6.54 Å². The Morgan fingerprint density at radius 1 is 1.10 bits per heavy atom. The maximum atomic E-state index is 12.1. The van der Waals surface area contributed by atoms with Crippen LogP contribution in [0, 0.1) is 0 Å². The quantitative estimate of drug-likeness (QED) is 0.309. The molecule has 0 saturated carbocycles. The van der Waals surface area contributed by atoms with Crippen LogP contribution in [0.2, 0.25) is 0 Å². The molecule has 1 N–H and O–H groups in total. The summed E-state index contributed by atoms with van der Waals surface area (Å²) in [5.74, 6) is 1.34. The molecule has 0 unspecified atom stereocenters. The maximum absolute atomic E-state index is 12.1. The van der Waals surface area contributed by atoms with Gasteiger partial charge in [0.15, 0.2) is 4.34 Å². The number of hydrogen-bond acceptors (Lipinski definition) is 9. The van der Waals surface area contributed by atoms with E-state index in [2.05, 4.69) is 42.4 Å². The lowest BCUT2D eigenvalue weighted by Crippen LogP contribution is -2.13. The van der Waals surface area contributed by atoms with Crippen molar-refractivity contribution in [3.63, 3.8) is 0 Å². The Balaban J connectivity index is 1.20. The highest BCUT2D eigenvalue weighted by Gasteiger charge is 2.10. The van der Waals surface area contributed by atoms with Crippen LogP contribution >= 0.6 is 34.4 Å². The molecule has 0 aliphatic rings. The van der Waals surface area contributed by atoms with Gasteiger partial charge in [-0.2, -0.15) is 4.80 Å². The van der Waals surface area contributed by atoms with Gasteiger partial charge < -0.3 is 5.32 Å². The molecule has 0 bridgehead atoms. The van der Waals surface area contributed by atoms with E-state index in [1.54, 1.807) is 23.1 Å². The van der Waals surface area contributed by atoms with E-state index in [1.165, 1.54) is 21.0 Å². The molecule has 4 rings (SSSR count). The number of thiophene rings is 1. The predicted octanol–water partition coefficient (Wildman–Crippen LogP) is 3.96. The van der Waals surface area contributed by atoms with Crippen LogP contribution in [0.1, 0.15) is 17.7 Å². The van der Waals surface area contributed by atoms with Gasteiger partial charge in [0, 0.05) is 22.6 Å². The average molecular weight is 444 g/mol. The van der Waals surface area contributed by atoms with E-state index in [0.717, 1.165) is 15.7 Å². The smallest absolute Gasteiger partial charge is 0.226 e. The molecule has 1 aromatic carbocycles. The van der Waals surface area contributed by atoms with E-state index in [-0.39, 0.29) is 5.91 Å². The van der Waals surface area contributed by atoms with Crippen molar-refractivity contribution in [3.8, 4) is 11.4 Å². The summed E-state index contributed by atoms with van der Waals surface area (Å²) in [4.78, 5) is 14.9. The first-order valence-electron chi connectivity index (χ1n) is 8.88. The van der Waals surface area contributed by atoms with Gasteiger partial charge in [-0.1, -0.05) is 59.5 Å². The molecule has 0 aliphatic carbocycles. The minimum absolute atomic E-state index is 0.0978. The zero-order chi connectivity index (χ0) is 19.9. The van der Waals surface area contributed by atoms with Crippen molar-refractivity contribution in [2.45, 2.75) is 29.5 Å². The Labute approximate surface area is 179 Å². The SMILES string of the molecule is O=C(CCCn1nnc(-c2ccccc2)n1)Nc1nnc(SCc2cccs2)s1. The molecule has 1 amide bonds. The molecular weight excluding hydrogens is 426 g/mol. The third-order valence-electron chi connectivity index (χ3n) is 3.82. The van der Waals surface area contributed by atoms with E-state index < -0.39 is 0 Å². The summed E-state index contributed by atoms with van der Waals surface area (Å²) in [7, 11) is 0. The predicted molar refractivity (Wildman–Crippen MR) is 115 cm³/mol. The highest BCUT2D eigenvalue weighted by atomic mass is 32.2. The van der Waals surface area contributed by atoms with Crippen LogP contribution in [-0.4, -0.2) is 36.3 Å². The van der Waals surface area contributed by atoms with Gasteiger partial charge >= 0.3 is 0 Å². The highest BCUT2D eigenvalue weighted by molar-refractivity contribution is 8.00. The molecule has 0 saturated heterocycles. The Hall–Kier alpha value is -2.63. The fourth-order valence-corrected chi connectivity index (χ4v) is 4.99. The number of thioether (sulfide) groups is 1. The summed E-state index contributed by atoms with van der Waals surface area (Å²) in [6.07, 6.45) is 0.953. The molecule has 11 heteroatoms. The van der Waals surface area contributed by atoms with Crippen molar-refractivity contribution >= 4 is 45.5 Å². The van der Waals surface area contributed by atoms with Crippen LogP contribution in [-0.2, 0) is 17.1 Å². The van der Waals surface area contributed by atoms with Crippen LogP contribution < -0.4 is 5.32 Å². The molecule has 0 radical (unpaired) electrons. The Kier molecular flexibility index (Phi) is 6.60. The van der Waals surface area contributed by atoms with Crippen LogP contribution in [0.3, 0.4) is 0 Å². The molecule has 3 aromatic heterocycles. The first-order chi connectivity index (χ1) is 14.3. The molecule has 29 heavy (non-hydrogen) atoms. The number of aryl methyl sites for hydroxylation is 1. The standard InChI is InChI=1S/C18H17N7OS3/c26-15(19-17-21-22-18(29-17)28-12-14-8-5-11-27-14)9-4-10-25-23-16(20-24-25)13-6-2-1-3-7-13/h1-3,5-8,11H,4,9-10,12H2,(H,19,21,26). The van der Waals surface area contributed by atoms with Crippen LogP contribution in [0.4, 0.5) is 5.13 Å². The summed E-state index contributed by atoms with van der Waals surface area (Å²) in [5.41, 5.74) is 0.917. The van der Waals surface area contributed by atoms with Crippen molar-refractivity contribution in [2.75, 3.05) is 5.32 Å². The summed E-state index contributed by atoms with van der Waals surface area (Å²) in [5, 5.41) is 26.0. The van der Waals surface area contributed by atoms with E-state index in [0.29, 0.717) is 30.3 Å². The second-order valence-corrected chi connectivity index (χ2v) is 9.20. The fourth-order valence-electron chi connectivity index (χ4n) is 2.45. The highest BCUT2D eigenvalue weighted by Crippen LogP contribution is 2.29. The zero-order valence-electron chi connectivity index (χ0n) is 15.3. The number of anilines is 1. The van der Waals surface area contributed by atoms with E-state index >= 15 is 0 Å². The van der Waals surface area contributed by atoms with Gasteiger partial charge in [0.2, 0.25) is 16.9 Å². The third-order valence-corrected chi connectivity index (χ3v) is 6.90. The second-order valence-electron chi connectivity index (χ2n) is 5.97. The number of nitrogens with one attached hydrogen (secondary N) is 1. The van der Waals surface area contributed by atoms with Gasteiger partial charge in [-0.3, -0.25) is 4.79 Å². The minimum Gasteiger partial charge on any atom is -0.301 e. The van der Waals surface area contributed by atoms with Crippen LogP contribution in [0.15, 0.2) is 52.2 Å². The minimum atomic E-state index is -0.0978. The Bertz CT molecular complexity index is 1050. The maximum Gasteiger partial charge on any atom is 0.226 e. The van der Waals surface area contributed by atoms with Crippen molar-refractivity contribution < 1.29 is 4.79 Å².